The molecule has 0 amide bonds. The van der Waals surface area contributed by atoms with Crippen LogP contribution in [0.25, 0.3) is 0 Å². The first kappa shape index (κ1) is 11.1. The van der Waals surface area contributed by atoms with Crippen molar-refractivity contribution in [3.63, 3.8) is 0 Å². The van der Waals surface area contributed by atoms with Crippen LogP contribution in [-0.4, -0.2) is 33.8 Å². The van der Waals surface area contributed by atoms with Gasteiger partial charge in [0, 0.05) is 41.6 Å². The summed E-state index contributed by atoms with van der Waals surface area (Å²) in [6.07, 6.45) is 1.82. The highest BCUT2D eigenvalue weighted by Gasteiger charge is 2.18. The number of halogens is 1. The molecule has 1 fully saturated rings. The quantitative estimate of drug-likeness (QED) is 0.789. The van der Waals surface area contributed by atoms with Gasteiger partial charge in [-0.2, -0.15) is 0 Å². The Morgan fingerprint density at radius 3 is 2.80 bits per heavy atom. The summed E-state index contributed by atoms with van der Waals surface area (Å²) in [6.45, 7) is 3.72. The molecule has 82 valence electrons. The van der Waals surface area contributed by atoms with E-state index in [9.17, 15) is 4.21 Å². The maximum atomic E-state index is 11.2. The zero-order valence-electron chi connectivity index (χ0n) is 8.57. The van der Waals surface area contributed by atoms with Crippen LogP contribution in [0.4, 0.5) is 5.82 Å². The van der Waals surface area contributed by atoms with E-state index in [2.05, 4.69) is 32.7 Å². The predicted octanol–water partition coefficient (Wildman–Crippen LogP) is 1.72. The molecular formula is C10H13BrN2OS. The van der Waals surface area contributed by atoms with Crippen LogP contribution in [0, 0.1) is 6.92 Å². The largest absolute Gasteiger partial charge is 0.354 e. The molecule has 0 saturated carbocycles. The summed E-state index contributed by atoms with van der Waals surface area (Å²) in [5.74, 6) is 2.48. The highest BCUT2D eigenvalue weighted by atomic mass is 79.9. The molecule has 1 saturated heterocycles. The van der Waals surface area contributed by atoms with Crippen molar-refractivity contribution >= 4 is 32.5 Å². The lowest BCUT2D eigenvalue weighted by molar-refractivity contribution is 0.672. The van der Waals surface area contributed by atoms with Crippen molar-refractivity contribution in [1.29, 1.82) is 0 Å². The second-order valence-electron chi connectivity index (χ2n) is 3.60. The molecule has 0 N–H and O–H groups in total. The van der Waals surface area contributed by atoms with Crippen molar-refractivity contribution in [2.45, 2.75) is 6.92 Å². The lowest BCUT2D eigenvalue weighted by atomic mass is 10.3. The van der Waals surface area contributed by atoms with Crippen molar-refractivity contribution in [2.24, 2.45) is 0 Å². The van der Waals surface area contributed by atoms with Gasteiger partial charge in [-0.1, -0.05) is 0 Å². The summed E-state index contributed by atoms with van der Waals surface area (Å²) in [5.41, 5.74) is 1.19. The van der Waals surface area contributed by atoms with E-state index in [1.54, 1.807) is 0 Å². The predicted molar refractivity (Wildman–Crippen MR) is 66.8 cm³/mol. The Labute approximate surface area is 100 Å². The van der Waals surface area contributed by atoms with Crippen molar-refractivity contribution in [2.75, 3.05) is 29.5 Å². The van der Waals surface area contributed by atoms with Crippen LogP contribution in [-0.2, 0) is 10.8 Å². The molecule has 1 aromatic rings. The molecule has 0 unspecified atom stereocenters. The van der Waals surface area contributed by atoms with E-state index in [1.807, 2.05) is 12.3 Å². The molecule has 0 aromatic carbocycles. The minimum absolute atomic E-state index is 0.631. The third kappa shape index (κ3) is 2.39. The number of pyridine rings is 1. The number of hydrogen-bond acceptors (Lipinski definition) is 3. The van der Waals surface area contributed by atoms with Gasteiger partial charge in [-0.05, 0) is 34.5 Å². The van der Waals surface area contributed by atoms with Gasteiger partial charge in [0.15, 0.2) is 0 Å². The Bertz CT molecular complexity index is 387. The Kier molecular flexibility index (Phi) is 3.41. The molecule has 0 radical (unpaired) electrons. The summed E-state index contributed by atoms with van der Waals surface area (Å²) in [6, 6.07) is 1.98. The maximum absolute atomic E-state index is 11.2. The Morgan fingerprint density at radius 1 is 1.47 bits per heavy atom. The molecule has 3 nitrogen and oxygen atoms in total. The SMILES string of the molecule is Cc1ccnc(N2CCS(=O)CC2)c1Br. The molecule has 2 heterocycles. The zero-order chi connectivity index (χ0) is 10.8. The van der Waals surface area contributed by atoms with E-state index in [1.165, 1.54) is 5.56 Å². The lowest BCUT2D eigenvalue weighted by Gasteiger charge is -2.28. The van der Waals surface area contributed by atoms with Gasteiger partial charge in [0.25, 0.3) is 0 Å². The topological polar surface area (TPSA) is 33.2 Å². The first-order valence-electron chi connectivity index (χ1n) is 4.89. The van der Waals surface area contributed by atoms with Gasteiger partial charge in [0.05, 0.1) is 4.47 Å². The van der Waals surface area contributed by atoms with E-state index >= 15 is 0 Å². The normalized spacial score (nSPS) is 18.1. The van der Waals surface area contributed by atoms with Crippen LogP contribution < -0.4 is 4.90 Å². The molecular weight excluding hydrogens is 276 g/mol. The van der Waals surface area contributed by atoms with Gasteiger partial charge in [0.1, 0.15) is 5.82 Å². The fourth-order valence-electron chi connectivity index (χ4n) is 1.60. The van der Waals surface area contributed by atoms with Gasteiger partial charge >= 0.3 is 0 Å². The van der Waals surface area contributed by atoms with Gasteiger partial charge in [0.2, 0.25) is 0 Å². The maximum Gasteiger partial charge on any atom is 0.143 e. The monoisotopic (exact) mass is 288 g/mol. The number of aryl methyl sites for hydroxylation is 1. The van der Waals surface area contributed by atoms with Crippen LogP contribution in [0.15, 0.2) is 16.7 Å². The fraction of sp³-hybridized carbons (Fsp3) is 0.500. The zero-order valence-corrected chi connectivity index (χ0v) is 11.0. The molecule has 0 aliphatic carbocycles. The van der Waals surface area contributed by atoms with Crippen LogP contribution in [0.3, 0.4) is 0 Å². The Balaban J connectivity index is 2.22. The summed E-state index contributed by atoms with van der Waals surface area (Å²) >= 11 is 3.55. The molecule has 0 spiro atoms. The minimum Gasteiger partial charge on any atom is -0.354 e. The molecule has 2 rings (SSSR count). The first-order valence-corrected chi connectivity index (χ1v) is 7.17. The highest BCUT2D eigenvalue weighted by Crippen LogP contribution is 2.27. The highest BCUT2D eigenvalue weighted by molar-refractivity contribution is 9.10. The molecule has 0 bridgehead atoms. The molecule has 1 aromatic heterocycles. The minimum atomic E-state index is -0.631. The Hall–Kier alpha value is -0.420. The number of nitrogens with zero attached hydrogens (tertiary/aromatic N) is 2. The van der Waals surface area contributed by atoms with Gasteiger partial charge in [-0.3, -0.25) is 4.21 Å². The second-order valence-corrected chi connectivity index (χ2v) is 6.09. The first-order chi connectivity index (χ1) is 7.18. The Morgan fingerprint density at radius 2 is 2.13 bits per heavy atom. The molecule has 1 aliphatic rings. The summed E-state index contributed by atoms with van der Waals surface area (Å²) in [7, 11) is -0.631. The van der Waals surface area contributed by atoms with Crippen molar-refractivity contribution in [3.05, 3.63) is 22.3 Å². The summed E-state index contributed by atoms with van der Waals surface area (Å²) in [4.78, 5) is 6.56. The van der Waals surface area contributed by atoms with Crippen LogP contribution in [0.2, 0.25) is 0 Å². The van der Waals surface area contributed by atoms with Crippen LogP contribution in [0.5, 0.6) is 0 Å². The van der Waals surface area contributed by atoms with Crippen molar-refractivity contribution in [1.82, 2.24) is 4.98 Å². The van der Waals surface area contributed by atoms with Gasteiger partial charge in [-0.15, -0.1) is 0 Å². The molecule has 15 heavy (non-hydrogen) atoms. The van der Waals surface area contributed by atoms with Crippen molar-refractivity contribution < 1.29 is 4.21 Å². The van der Waals surface area contributed by atoms with E-state index in [0.29, 0.717) is 0 Å². The van der Waals surface area contributed by atoms with E-state index in [4.69, 9.17) is 0 Å². The molecule has 1 aliphatic heterocycles. The number of rotatable bonds is 1. The number of anilines is 1. The fourth-order valence-corrected chi connectivity index (χ4v) is 3.13. The van der Waals surface area contributed by atoms with Gasteiger partial charge < -0.3 is 4.90 Å². The van der Waals surface area contributed by atoms with E-state index in [-0.39, 0.29) is 0 Å². The average molecular weight is 289 g/mol. The summed E-state index contributed by atoms with van der Waals surface area (Å²) in [5, 5.41) is 0. The van der Waals surface area contributed by atoms with Crippen LogP contribution in [0.1, 0.15) is 5.56 Å². The smallest absolute Gasteiger partial charge is 0.143 e. The average Bonchev–Trinajstić information content (AvgIpc) is 2.24. The molecule has 5 heteroatoms. The molecule has 0 atom stereocenters. The van der Waals surface area contributed by atoms with Crippen molar-refractivity contribution in [3.8, 4) is 0 Å². The van der Waals surface area contributed by atoms with E-state index < -0.39 is 10.8 Å². The van der Waals surface area contributed by atoms with E-state index in [0.717, 1.165) is 34.9 Å². The van der Waals surface area contributed by atoms with Crippen LogP contribution >= 0.6 is 15.9 Å². The lowest BCUT2D eigenvalue weighted by Crippen LogP contribution is -2.38. The number of hydrogen-bond donors (Lipinski definition) is 0. The standard InChI is InChI=1S/C10H13BrN2OS/c1-8-2-3-12-10(9(8)11)13-4-6-15(14)7-5-13/h2-3H,4-7H2,1H3. The third-order valence-electron chi connectivity index (χ3n) is 2.54. The van der Waals surface area contributed by atoms with Gasteiger partial charge in [-0.25, -0.2) is 4.98 Å². The number of aromatic nitrogens is 1. The summed E-state index contributed by atoms with van der Waals surface area (Å²) < 4.78 is 12.3. The third-order valence-corrected chi connectivity index (χ3v) is 4.80. The second kappa shape index (κ2) is 4.61.